The fraction of sp³-hybridized carbons (Fsp3) is 0.0417. The van der Waals surface area contributed by atoms with Crippen molar-refractivity contribution in [2.45, 2.75) is 0 Å². The van der Waals surface area contributed by atoms with Crippen LogP contribution in [0.25, 0.3) is 33.4 Å². The molecule has 2 aromatic heterocycles. The molecule has 5 aromatic rings. The molecule has 3 aromatic carbocycles. The van der Waals surface area contributed by atoms with E-state index in [0.717, 1.165) is 33.5 Å². The van der Waals surface area contributed by atoms with Gasteiger partial charge in [-0.15, -0.1) is 0 Å². The largest absolute Gasteiger partial charge is 0.496 e. The number of methoxy groups -OCH3 is 1. The highest BCUT2D eigenvalue weighted by atomic mass is 16.5. The van der Waals surface area contributed by atoms with E-state index < -0.39 is 0 Å². The monoisotopic (exact) mass is 422 g/mol. The fourth-order valence-corrected chi connectivity index (χ4v) is 3.95. The number of nitrogens with zero attached hydrogens (tertiary/aromatic N) is 3. The fourth-order valence-electron chi connectivity index (χ4n) is 3.95. The van der Waals surface area contributed by atoms with E-state index in [-0.39, 0.29) is 5.95 Å². The molecule has 8 heteroatoms. The van der Waals surface area contributed by atoms with Crippen LogP contribution in [0.2, 0.25) is 0 Å². The highest BCUT2D eigenvalue weighted by Gasteiger charge is 2.21. The van der Waals surface area contributed by atoms with Crippen molar-refractivity contribution in [1.29, 1.82) is 0 Å². The number of rotatable bonds is 3. The van der Waals surface area contributed by atoms with Crippen molar-refractivity contribution in [2.75, 3.05) is 18.2 Å². The zero-order valence-corrected chi connectivity index (χ0v) is 17.1. The number of hydrogen-bond donors (Lipinski definition) is 3. The first-order valence-corrected chi connectivity index (χ1v) is 10.0. The van der Waals surface area contributed by atoms with Crippen LogP contribution in [0.4, 0.5) is 17.5 Å². The van der Waals surface area contributed by atoms with Gasteiger partial charge in [-0.3, -0.25) is 5.10 Å². The minimum atomic E-state index is 0.174. The molecule has 0 aliphatic carbocycles. The van der Waals surface area contributed by atoms with E-state index in [0.29, 0.717) is 28.7 Å². The molecule has 3 heterocycles. The van der Waals surface area contributed by atoms with Gasteiger partial charge in [-0.2, -0.15) is 5.10 Å². The van der Waals surface area contributed by atoms with Crippen molar-refractivity contribution in [3.05, 3.63) is 66.7 Å². The Kier molecular flexibility index (Phi) is 3.97. The minimum Gasteiger partial charge on any atom is -0.496 e. The van der Waals surface area contributed by atoms with Gasteiger partial charge in [-0.05, 0) is 42.5 Å². The molecule has 4 N–H and O–H groups in total. The number of H-pyrrole nitrogens is 1. The number of nitrogens with two attached hydrogens (primary N) is 1. The van der Waals surface area contributed by atoms with E-state index in [4.69, 9.17) is 15.2 Å². The predicted octanol–water partition coefficient (Wildman–Crippen LogP) is 5.13. The molecule has 0 spiro atoms. The summed E-state index contributed by atoms with van der Waals surface area (Å²) < 4.78 is 11.8. The van der Waals surface area contributed by atoms with Crippen LogP contribution < -0.4 is 20.5 Å². The molecule has 0 amide bonds. The molecule has 0 atom stereocenters. The molecule has 156 valence electrons. The zero-order chi connectivity index (χ0) is 21.7. The van der Waals surface area contributed by atoms with Crippen molar-refractivity contribution in [2.24, 2.45) is 0 Å². The maximum atomic E-state index is 6.26. The summed E-state index contributed by atoms with van der Waals surface area (Å²) in [7, 11) is 1.63. The number of anilines is 3. The van der Waals surface area contributed by atoms with Gasteiger partial charge in [-0.1, -0.05) is 24.3 Å². The Balaban J connectivity index is 1.52. The second kappa shape index (κ2) is 6.98. The van der Waals surface area contributed by atoms with Crippen molar-refractivity contribution in [3.8, 4) is 39.8 Å². The Morgan fingerprint density at radius 1 is 0.906 bits per heavy atom. The standard InChI is InChI=1S/C24H18N6O2/c1-31-19-8-4-2-6-14(19)17-12-16(27-24(25)28-17)13-10-18-22-21(11-13)32-20-9-5-3-7-15(20)26-23(22)30-29-18/h2-12H,1H3,(H2,25,27,28)(H2,26,29,30). The zero-order valence-electron chi connectivity index (χ0n) is 17.1. The molecular formula is C24H18N6O2. The molecule has 0 fully saturated rings. The molecule has 8 nitrogen and oxygen atoms in total. The molecule has 32 heavy (non-hydrogen) atoms. The van der Waals surface area contributed by atoms with Crippen LogP contribution in [0.5, 0.6) is 17.2 Å². The average molecular weight is 422 g/mol. The summed E-state index contributed by atoms with van der Waals surface area (Å²) in [5.41, 5.74) is 10.8. The third kappa shape index (κ3) is 2.89. The summed E-state index contributed by atoms with van der Waals surface area (Å²) in [5.74, 6) is 2.99. The van der Waals surface area contributed by atoms with E-state index in [1.54, 1.807) is 7.11 Å². The van der Waals surface area contributed by atoms with Crippen molar-refractivity contribution < 1.29 is 9.47 Å². The maximum Gasteiger partial charge on any atom is 0.221 e. The Bertz CT molecular complexity index is 1490. The summed E-state index contributed by atoms with van der Waals surface area (Å²) in [6.07, 6.45) is 0. The average Bonchev–Trinajstić information content (AvgIpc) is 3.14. The molecule has 0 radical (unpaired) electrons. The summed E-state index contributed by atoms with van der Waals surface area (Å²) in [6.45, 7) is 0. The van der Waals surface area contributed by atoms with Crippen LogP contribution in [-0.4, -0.2) is 27.3 Å². The van der Waals surface area contributed by atoms with Gasteiger partial charge in [-0.25, -0.2) is 9.97 Å². The van der Waals surface area contributed by atoms with Crippen molar-refractivity contribution in [1.82, 2.24) is 20.2 Å². The van der Waals surface area contributed by atoms with E-state index in [2.05, 4.69) is 25.5 Å². The molecule has 6 rings (SSSR count). The lowest BCUT2D eigenvalue weighted by atomic mass is 10.0. The number of fused-ring (bicyclic) bond motifs is 1. The normalized spacial score (nSPS) is 11.9. The molecule has 0 bridgehead atoms. The van der Waals surface area contributed by atoms with Gasteiger partial charge in [0.15, 0.2) is 11.6 Å². The van der Waals surface area contributed by atoms with E-state index >= 15 is 0 Å². The van der Waals surface area contributed by atoms with Crippen LogP contribution >= 0.6 is 0 Å². The first kappa shape index (κ1) is 18.2. The second-order valence-corrected chi connectivity index (χ2v) is 7.39. The SMILES string of the molecule is COc1ccccc1-c1cc(-c2cc3c4c(n[nH]c4c2)Nc2ccccc2O3)nc(N)n1. The lowest BCUT2D eigenvalue weighted by Gasteiger charge is -2.11. The highest BCUT2D eigenvalue weighted by molar-refractivity contribution is 6.00. The number of nitrogens with one attached hydrogen (secondary N) is 2. The van der Waals surface area contributed by atoms with Gasteiger partial charge < -0.3 is 20.5 Å². The van der Waals surface area contributed by atoms with Crippen molar-refractivity contribution >= 4 is 28.4 Å². The van der Waals surface area contributed by atoms with Gasteiger partial charge in [0.1, 0.15) is 11.5 Å². The Hall–Kier alpha value is -4.59. The lowest BCUT2D eigenvalue weighted by Crippen LogP contribution is -2.00. The number of aromatic nitrogens is 4. The highest BCUT2D eigenvalue weighted by Crippen LogP contribution is 2.44. The van der Waals surface area contributed by atoms with Crippen molar-refractivity contribution in [3.63, 3.8) is 0 Å². The van der Waals surface area contributed by atoms with Gasteiger partial charge >= 0.3 is 0 Å². The lowest BCUT2D eigenvalue weighted by molar-refractivity contribution is 0.416. The quantitative estimate of drug-likeness (QED) is 0.363. The molecule has 0 saturated carbocycles. The number of benzene rings is 3. The second-order valence-electron chi connectivity index (χ2n) is 7.39. The molecular weight excluding hydrogens is 404 g/mol. The Morgan fingerprint density at radius 3 is 2.62 bits per heavy atom. The van der Waals surface area contributed by atoms with Crippen LogP contribution in [-0.2, 0) is 0 Å². The summed E-state index contributed by atoms with van der Waals surface area (Å²) in [4.78, 5) is 8.91. The van der Waals surface area contributed by atoms with Crippen LogP contribution in [0.3, 0.4) is 0 Å². The Labute approximate surface area is 183 Å². The summed E-state index contributed by atoms with van der Waals surface area (Å²) >= 11 is 0. The molecule has 0 unspecified atom stereocenters. The summed E-state index contributed by atoms with van der Waals surface area (Å²) in [6, 6.07) is 21.2. The molecule has 0 saturated heterocycles. The third-order valence-electron chi connectivity index (χ3n) is 5.41. The first-order chi connectivity index (χ1) is 15.7. The maximum absolute atomic E-state index is 6.26. The number of aromatic amines is 1. The first-order valence-electron chi connectivity index (χ1n) is 10.0. The number of nitrogen functional groups attached to an aromatic ring is 1. The van der Waals surface area contributed by atoms with Gasteiger partial charge in [0.2, 0.25) is 5.95 Å². The predicted molar refractivity (Wildman–Crippen MR) is 123 cm³/mol. The smallest absolute Gasteiger partial charge is 0.221 e. The van der Waals surface area contributed by atoms with Crippen LogP contribution in [0.15, 0.2) is 66.7 Å². The number of hydrogen-bond acceptors (Lipinski definition) is 7. The van der Waals surface area contributed by atoms with Crippen LogP contribution in [0, 0.1) is 0 Å². The van der Waals surface area contributed by atoms with Gasteiger partial charge in [0.25, 0.3) is 0 Å². The van der Waals surface area contributed by atoms with E-state index in [1.807, 2.05) is 66.7 Å². The van der Waals surface area contributed by atoms with E-state index in [1.165, 1.54) is 0 Å². The molecule has 1 aliphatic rings. The van der Waals surface area contributed by atoms with E-state index in [9.17, 15) is 0 Å². The number of ether oxygens (including phenoxy) is 2. The Morgan fingerprint density at radius 2 is 1.72 bits per heavy atom. The third-order valence-corrected chi connectivity index (χ3v) is 5.41. The van der Waals surface area contributed by atoms with Crippen LogP contribution in [0.1, 0.15) is 0 Å². The molecule has 1 aliphatic heterocycles. The number of para-hydroxylation sites is 3. The topological polar surface area (TPSA) is 111 Å². The summed E-state index contributed by atoms with van der Waals surface area (Å²) in [5, 5.41) is 11.7. The minimum absolute atomic E-state index is 0.174. The van der Waals surface area contributed by atoms with Gasteiger partial charge in [0.05, 0.1) is 35.1 Å². The van der Waals surface area contributed by atoms with Gasteiger partial charge in [0, 0.05) is 11.1 Å².